The summed E-state index contributed by atoms with van der Waals surface area (Å²) in [7, 11) is 0. The second kappa shape index (κ2) is 5.75. The molecule has 1 aliphatic rings. The van der Waals surface area contributed by atoms with E-state index in [-0.39, 0.29) is 0 Å². The van der Waals surface area contributed by atoms with Crippen molar-refractivity contribution in [2.24, 2.45) is 17.6 Å². The Bertz CT molecular complexity index is 599. The zero-order chi connectivity index (χ0) is 13.9. The summed E-state index contributed by atoms with van der Waals surface area (Å²) >= 11 is 0. The quantitative estimate of drug-likeness (QED) is 0.928. The van der Waals surface area contributed by atoms with E-state index in [2.05, 4.69) is 9.97 Å². The van der Waals surface area contributed by atoms with E-state index < -0.39 is 0 Å². The van der Waals surface area contributed by atoms with Gasteiger partial charge in [0, 0.05) is 0 Å². The predicted octanol–water partition coefficient (Wildman–Crippen LogP) is 2.69. The fraction of sp³-hybridized carbons (Fsp3) is 0.500. The molecule has 0 spiro atoms. The molecule has 4 heteroatoms. The van der Waals surface area contributed by atoms with Crippen LogP contribution in [0.2, 0.25) is 0 Å². The molecule has 106 valence electrons. The second-order valence-corrected chi connectivity index (χ2v) is 5.60. The number of hydrogen-bond acceptors (Lipinski definition) is 4. The summed E-state index contributed by atoms with van der Waals surface area (Å²) in [5.74, 6) is 1.82. The molecule has 1 saturated carbocycles. The van der Waals surface area contributed by atoms with Crippen molar-refractivity contribution in [2.75, 3.05) is 13.2 Å². The van der Waals surface area contributed by atoms with E-state index in [1.165, 1.54) is 19.3 Å². The summed E-state index contributed by atoms with van der Waals surface area (Å²) in [5.41, 5.74) is 8.47. The fourth-order valence-electron chi connectivity index (χ4n) is 3.04. The van der Waals surface area contributed by atoms with Crippen molar-refractivity contribution >= 4 is 11.0 Å². The maximum Gasteiger partial charge on any atom is 0.235 e. The fourth-order valence-corrected chi connectivity index (χ4v) is 3.04. The smallest absolute Gasteiger partial charge is 0.235 e. The van der Waals surface area contributed by atoms with Crippen molar-refractivity contribution < 1.29 is 4.74 Å². The minimum absolute atomic E-state index is 0.563. The molecular weight excluding hydrogens is 250 g/mol. The lowest BCUT2D eigenvalue weighted by Crippen LogP contribution is -2.23. The van der Waals surface area contributed by atoms with Gasteiger partial charge < -0.3 is 10.5 Å². The Morgan fingerprint density at radius 2 is 1.85 bits per heavy atom. The van der Waals surface area contributed by atoms with Crippen LogP contribution in [0.15, 0.2) is 24.3 Å². The van der Waals surface area contributed by atoms with Crippen LogP contribution in [0.5, 0.6) is 5.88 Å². The van der Waals surface area contributed by atoms with E-state index in [1.54, 1.807) is 0 Å². The molecular formula is C16H21N3O. The molecule has 0 bridgehead atoms. The summed E-state index contributed by atoms with van der Waals surface area (Å²) in [4.78, 5) is 9.12. The number of para-hydroxylation sites is 2. The molecule has 4 nitrogen and oxygen atoms in total. The zero-order valence-electron chi connectivity index (χ0n) is 11.9. The van der Waals surface area contributed by atoms with Crippen LogP contribution >= 0.6 is 0 Å². The van der Waals surface area contributed by atoms with E-state index in [0.29, 0.717) is 24.3 Å². The second-order valence-electron chi connectivity index (χ2n) is 5.60. The van der Waals surface area contributed by atoms with Crippen LogP contribution in [0, 0.1) is 18.8 Å². The first-order valence-corrected chi connectivity index (χ1v) is 7.34. The summed E-state index contributed by atoms with van der Waals surface area (Å²) in [6.45, 7) is 3.41. The summed E-state index contributed by atoms with van der Waals surface area (Å²) < 4.78 is 5.93. The topological polar surface area (TPSA) is 61.0 Å². The van der Waals surface area contributed by atoms with Crippen molar-refractivity contribution in [3.63, 3.8) is 0 Å². The molecule has 1 aliphatic carbocycles. The Labute approximate surface area is 119 Å². The minimum Gasteiger partial charge on any atom is -0.476 e. The van der Waals surface area contributed by atoms with Gasteiger partial charge in [-0.25, -0.2) is 9.97 Å². The average Bonchev–Trinajstić information content (AvgIpc) is 2.92. The van der Waals surface area contributed by atoms with Gasteiger partial charge in [-0.3, -0.25) is 0 Å². The maximum absolute atomic E-state index is 5.93. The summed E-state index contributed by atoms with van der Waals surface area (Å²) in [6, 6.07) is 7.88. The summed E-state index contributed by atoms with van der Waals surface area (Å²) in [6.07, 6.45) is 3.70. The van der Waals surface area contributed by atoms with Crippen LogP contribution in [0.3, 0.4) is 0 Å². The van der Waals surface area contributed by atoms with E-state index in [1.807, 2.05) is 31.2 Å². The molecule has 3 rings (SSSR count). The van der Waals surface area contributed by atoms with Crippen molar-refractivity contribution in [1.82, 2.24) is 9.97 Å². The van der Waals surface area contributed by atoms with Crippen LogP contribution in [0.1, 0.15) is 25.0 Å². The van der Waals surface area contributed by atoms with Crippen molar-refractivity contribution in [1.29, 1.82) is 0 Å². The summed E-state index contributed by atoms with van der Waals surface area (Å²) in [5, 5.41) is 0. The lowest BCUT2D eigenvalue weighted by atomic mass is 9.97. The molecule has 0 aliphatic heterocycles. The number of nitrogens with two attached hydrogens (primary N) is 1. The molecule has 0 saturated heterocycles. The molecule has 1 aromatic heterocycles. The first kappa shape index (κ1) is 13.3. The predicted molar refractivity (Wildman–Crippen MR) is 79.7 cm³/mol. The monoisotopic (exact) mass is 271 g/mol. The van der Waals surface area contributed by atoms with Crippen LogP contribution in [0.25, 0.3) is 11.0 Å². The molecule has 1 heterocycles. The highest BCUT2D eigenvalue weighted by Gasteiger charge is 2.26. The van der Waals surface area contributed by atoms with Crippen molar-refractivity contribution in [2.45, 2.75) is 26.2 Å². The van der Waals surface area contributed by atoms with Gasteiger partial charge >= 0.3 is 0 Å². The maximum atomic E-state index is 5.93. The van der Waals surface area contributed by atoms with Crippen molar-refractivity contribution in [3.05, 3.63) is 30.0 Å². The molecule has 2 unspecified atom stereocenters. The average molecular weight is 271 g/mol. The highest BCUT2D eigenvalue weighted by molar-refractivity contribution is 5.74. The van der Waals surface area contributed by atoms with Crippen LogP contribution in [0.4, 0.5) is 0 Å². The lowest BCUT2D eigenvalue weighted by Gasteiger charge is -2.18. The normalized spacial score (nSPS) is 22.3. The molecule has 2 atom stereocenters. The Hall–Kier alpha value is -1.68. The third kappa shape index (κ3) is 2.61. The van der Waals surface area contributed by atoms with E-state index in [4.69, 9.17) is 10.5 Å². The number of aromatic nitrogens is 2. The van der Waals surface area contributed by atoms with Gasteiger partial charge in [0.1, 0.15) is 5.69 Å². The number of nitrogens with zero attached hydrogens (tertiary/aromatic N) is 2. The number of fused-ring (bicyclic) bond motifs is 1. The zero-order valence-corrected chi connectivity index (χ0v) is 11.9. The standard InChI is InChI=1S/C16H21N3O/c1-11-16(19-15-8-3-2-7-14(15)18-11)20-10-13-6-4-5-12(13)9-17/h2-3,7-8,12-13H,4-6,9-10,17H2,1H3. The molecule has 20 heavy (non-hydrogen) atoms. The number of ether oxygens (including phenoxy) is 1. The largest absolute Gasteiger partial charge is 0.476 e. The molecule has 1 fully saturated rings. The van der Waals surface area contributed by atoms with Crippen LogP contribution < -0.4 is 10.5 Å². The van der Waals surface area contributed by atoms with Gasteiger partial charge in [0.2, 0.25) is 5.88 Å². The van der Waals surface area contributed by atoms with Crippen LogP contribution in [-0.4, -0.2) is 23.1 Å². The van der Waals surface area contributed by atoms with Gasteiger partial charge in [-0.1, -0.05) is 18.6 Å². The SMILES string of the molecule is Cc1nc2ccccc2nc1OCC1CCCC1CN. The van der Waals surface area contributed by atoms with Gasteiger partial charge in [-0.2, -0.15) is 0 Å². The van der Waals surface area contributed by atoms with Gasteiger partial charge in [0.25, 0.3) is 0 Å². The first-order valence-electron chi connectivity index (χ1n) is 7.34. The van der Waals surface area contributed by atoms with Gasteiger partial charge in [-0.05, 0) is 50.3 Å². The van der Waals surface area contributed by atoms with Gasteiger partial charge in [0.15, 0.2) is 0 Å². The van der Waals surface area contributed by atoms with Gasteiger partial charge in [-0.15, -0.1) is 0 Å². The highest BCUT2D eigenvalue weighted by Crippen LogP contribution is 2.31. The number of aryl methyl sites for hydroxylation is 1. The van der Waals surface area contributed by atoms with E-state index in [9.17, 15) is 0 Å². The molecule has 2 N–H and O–H groups in total. The Morgan fingerprint density at radius 1 is 1.15 bits per heavy atom. The third-order valence-corrected chi connectivity index (χ3v) is 4.25. The molecule has 0 radical (unpaired) electrons. The van der Waals surface area contributed by atoms with E-state index >= 15 is 0 Å². The highest BCUT2D eigenvalue weighted by atomic mass is 16.5. The number of rotatable bonds is 4. The minimum atomic E-state index is 0.563. The Kier molecular flexibility index (Phi) is 3.83. The first-order chi connectivity index (χ1) is 9.78. The molecule has 1 aromatic carbocycles. The van der Waals surface area contributed by atoms with Crippen molar-refractivity contribution in [3.8, 4) is 5.88 Å². The molecule has 0 amide bonds. The number of benzene rings is 1. The van der Waals surface area contributed by atoms with E-state index in [0.717, 1.165) is 23.3 Å². The molecule has 2 aromatic rings. The Balaban J connectivity index is 1.75. The number of hydrogen-bond donors (Lipinski definition) is 1. The third-order valence-electron chi connectivity index (χ3n) is 4.25. The Morgan fingerprint density at radius 3 is 2.60 bits per heavy atom. The van der Waals surface area contributed by atoms with Crippen LogP contribution in [-0.2, 0) is 0 Å². The lowest BCUT2D eigenvalue weighted by molar-refractivity contribution is 0.209. The van der Waals surface area contributed by atoms with Gasteiger partial charge in [0.05, 0.1) is 17.6 Å².